The second-order valence-electron chi connectivity index (χ2n) is 5.97. The van der Waals surface area contributed by atoms with E-state index in [-0.39, 0.29) is 24.2 Å². The van der Waals surface area contributed by atoms with Gasteiger partial charge in [-0.2, -0.15) is 0 Å². The second kappa shape index (κ2) is 8.70. The minimum absolute atomic E-state index is 0.0610. The number of amides is 2. The molecular formula is C18H20N4O4. The summed E-state index contributed by atoms with van der Waals surface area (Å²) >= 11 is 0. The quantitative estimate of drug-likeness (QED) is 0.693. The van der Waals surface area contributed by atoms with Crippen molar-refractivity contribution in [2.24, 2.45) is 0 Å². The molecule has 0 aliphatic heterocycles. The molecule has 0 atom stereocenters. The average Bonchev–Trinajstić information content (AvgIpc) is 2.61. The van der Waals surface area contributed by atoms with Gasteiger partial charge in [0.15, 0.2) is 0 Å². The molecule has 3 N–H and O–H groups in total. The largest absolute Gasteiger partial charge is 0.480 e. The van der Waals surface area contributed by atoms with Crippen molar-refractivity contribution in [2.75, 3.05) is 11.9 Å². The Morgan fingerprint density at radius 1 is 1.15 bits per heavy atom. The number of rotatable bonds is 7. The van der Waals surface area contributed by atoms with Crippen molar-refractivity contribution < 1.29 is 19.5 Å². The Morgan fingerprint density at radius 2 is 1.85 bits per heavy atom. The van der Waals surface area contributed by atoms with Crippen LogP contribution in [0.15, 0.2) is 36.8 Å². The van der Waals surface area contributed by atoms with Crippen LogP contribution in [0.25, 0.3) is 0 Å². The van der Waals surface area contributed by atoms with Gasteiger partial charge in [-0.05, 0) is 23.6 Å². The zero-order valence-corrected chi connectivity index (χ0v) is 14.5. The number of nitrogens with one attached hydrogen (secondary N) is 2. The molecule has 0 bridgehead atoms. The lowest BCUT2D eigenvalue weighted by Crippen LogP contribution is -2.30. The first-order valence-electron chi connectivity index (χ1n) is 8.05. The Labute approximate surface area is 150 Å². The number of benzene rings is 1. The number of hydrogen-bond donors (Lipinski definition) is 3. The first-order chi connectivity index (χ1) is 12.4. The van der Waals surface area contributed by atoms with Crippen molar-refractivity contribution in [3.63, 3.8) is 0 Å². The second-order valence-corrected chi connectivity index (χ2v) is 5.97. The molecule has 26 heavy (non-hydrogen) atoms. The Morgan fingerprint density at radius 3 is 2.46 bits per heavy atom. The van der Waals surface area contributed by atoms with E-state index in [1.807, 2.05) is 13.8 Å². The number of aliphatic carboxylic acids is 1. The summed E-state index contributed by atoms with van der Waals surface area (Å²) in [5, 5.41) is 13.6. The monoisotopic (exact) mass is 356 g/mol. The molecule has 1 aromatic heterocycles. The van der Waals surface area contributed by atoms with Gasteiger partial charge in [-0.25, -0.2) is 9.97 Å². The number of aromatic nitrogens is 2. The Balaban J connectivity index is 2.00. The van der Waals surface area contributed by atoms with E-state index < -0.39 is 12.5 Å². The molecule has 0 saturated heterocycles. The lowest BCUT2D eigenvalue weighted by atomic mass is 10.0. The summed E-state index contributed by atoms with van der Waals surface area (Å²) in [5.41, 5.74) is 2.36. The van der Waals surface area contributed by atoms with Crippen molar-refractivity contribution in [3.8, 4) is 0 Å². The maximum atomic E-state index is 12.4. The van der Waals surface area contributed by atoms with E-state index >= 15 is 0 Å². The lowest BCUT2D eigenvalue weighted by molar-refractivity contribution is -0.137. The van der Waals surface area contributed by atoms with Gasteiger partial charge in [0.2, 0.25) is 5.91 Å². The number of carbonyl (C=O) groups is 3. The van der Waals surface area contributed by atoms with Gasteiger partial charge in [-0.1, -0.05) is 26.0 Å². The zero-order chi connectivity index (χ0) is 19.1. The summed E-state index contributed by atoms with van der Waals surface area (Å²) in [6.45, 7) is 3.48. The van der Waals surface area contributed by atoms with Gasteiger partial charge >= 0.3 is 5.97 Å². The number of carbonyl (C=O) groups excluding carboxylic acids is 2. The van der Waals surface area contributed by atoms with Gasteiger partial charge in [0, 0.05) is 11.9 Å². The van der Waals surface area contributed by atoms with Gasteiger partial charge in [-0.3, -0.25) is 14.4 Å². The van der Waals surface area contributed by atoms with Crippen LogP contribution < -0.4 is 10.6 Å². The molecule has 8 heteroatoms. The maximum absolute atomic E-state index is 12.4. The zero-order valence-electron chi connectivity index (χ0n) is 14.5. The summed E-state index contributed by atoms with van der Waals surface area (Å²) in [6.07, 6.45) is 2.96. The molecular weight excluding hydrogens is 336 g/mol. The smallest absolute Gasteiger partial charge is 0.322 e. The standard InChI is InChI=1S/C18H20N4O4/c1-11(2)17-14(8-19-10-21-17)18(26)22-13-5-3-12(4-6-13)7-15(23)20-9-16(24)25/h3-6,8,10-11H,7,9H2,1-2H3,(H,20,23)(H,22,26)(H,24,25). The van der Waals surface area contributed by atoms with E-state index in [1.165, 1.54) is 12.5 Å². The topological polar surface area (TPSA) is 121 Å². The highest BCUT2D eigenvalue weighted by molar-refractivity contribution is 6.04. The molecule has 0 fully saturated rings. The number of anilines is 1. The van der Waals surface area contributed by atoms with Crippen LogP contribution in [0.4, 0.5) is 5.69 Å². The molecule has 1 aromatic carbocycles. The van der Waals surface area contributed by atoms with E-state index in [4.69, 9.17) is 5.11 Å². The molecule has 0 unspecified atom stereocenters. The highest BCUT2D eigenvalue weighted by atomic mass is 16.4. The van der Waals surface area contributed by atoms with Gasteiger partial charge in [0.25, 0.3) is 5.91 Å². The van der Waals surface area contributed by atoms with E-state index in [1.54, 1.807) is 24.3 Å². The van der Waals surface area contributed by atoms with Crippen LogP contribution in [0, 0.1) is 0 Å². The van der Waals surface area contributed by atoms with Crippen LogP contribution in [0.1, 0.15) is 41.4 Å². The van der Waals surface area contributed by atoms with Gasteiger partial charge in [0.1, 0.15) is 12.9 Å². The average molecular weight is 356 g/mol. The van der Waals surface area contributed by atoms with Crippen LogP contribution in [0.5, 0.6) is 0 Å². The third-order valence-corrected chi connectivity index (χ3v) is 3.55. The molecule has 0 saturated carbocycles. The van der Waals surface area contributed by atoms with Crippen molar-refractivity contribution >= 4 is 23.5 Å². The molecule has 2 rings (SSSR count). The van der Waals surface area contributed by atoms with Gasteiger partial charge in [-0.15, -0.1) is 0 Å². The molecule has 0 radical (unpaired) electrons. The summed E-state index contributed by atoms with van der Waals surface area (Å²) in [4.78, 5) is 42.5. The van der Waals surface area contributed by atoms with Crippen molar-refractivity contribution in [1.29, 1.82) is 0 Å². The number of carboxylic acid groups (broad SMARTS) is 1. The Bertz CT molecular complexity index is 803. The fraction of sp³-hybridized carbons (Fsp3) is 0.278. The Kier molecular flexibility index (Phi) is 6.37. The van der Waals surface area contributed by atoms with Gasteiger partial charge < -0.3 is 15.7 Å². The number of hydrogen-bond acceptors (Lipinski definition) is 5. The first kappa shape index (κ1) is 19.0. The van der Waals surface area contributed by atoms with Crippen LogP contribution in [0.2, 0.25) is 0 Å². The van der Waals surface area contributed by atoms with Crippen molar-refractivity contribution in [3.05, 3.63) is 53.6 Å². The van der Waals surface area contributed by atoms with Crippen LogP contribution in [0.3, 0.4) is 0 Å². The predicted molar refractivity (Wildman–Crippen MR) is 94.9 cm³/mol. The molecule has 2 amide bonds. The number of carboxylic acids is 1. The van der Waals surface area contributed by atoms with E-state index in [9.17, 15) is 14.4 Å². The number of nitrogens with zero attached hydrogens (tertiary/aromatic N) is 2. The van der Waals surface area contributed by atoms with Crippen LogP contribution in [-0.4, -0.2) is 39.4 Å². The molecule has 2 aromatic rings. The highest BCUT2D eigenvalue weighted by Crippen LogP contribution is 2.17. The Hall–Kier alpha value is -3.29. The third kappa shape index (κ3) is 5.37. The summed E-state index contributed by atoms with van der Waals surface area (Å²) in [6, 6.07) is 6.74. The van der Waals surface area contributed by atoms with Crippen molar-refractivity contribution in [2.45, 2.75) is 26.2 Å². The van der Waals surface area contributed by atoms with E-state index in [0.29, 0.717) is 22.5 Å². The molecule has 8 nitrogen and oxygen atoms in total. The predicted octanol–water partition coefficient (Wildman–Crippen LogP) is 1.60. The maximum Gasteiger partial charge on any atom is 0.322 e. The fourth-order valence-electron chi connectivity index (χ4n) is 2.30. The molecule has 1 heterocycles. The van der Waals surface area contributed by atoms with E-state index in [0.717, 1.165) is 0 Å². The lowest BCUT2D eigenvalue weighted by Gasteiger charge is -2.11. The third-order valence-electron chi connectivity index (χ3n) is 3.55. The van der Waals surface area contributed by atoms with Crippen LogP contribution in [-0.2, 0) is 16.0 Å². The minimum Gasteiger partial charge on any atom is -0.480 e. The van der Waals surface area contributed by atoms with Crippen molar-refractivity contribution in [1.82, 2.24) is 15.3 Å². The highest BCUT2D eigenvalue weighted by Gasteiger charge is 2.15. The fourth-order valence-corrected chi connectivity index (χ4v) is 2.30. The molecule has 0 aliphatic rings. The van der Waals surface area contributed by atoms with Crippen LogP contribution >= 0.6 is 0 Å². The molecule has 0 aliphatic carbocycles. The molecule has 136 valence electrons. The minimum atomic E-state index is -1.10. The van der Waals surface area contributed by atoms with E-state index in [2.05, 4.69) is 20.6 Å². The normalized spacial score (nSPS) is 10.4. The SMILES string of the molecule is CC(C)c1ncncc1C(=O)Nc1ccc(CC(=O)NCC(=O)O)cc1. The summed E-state index contributed by atoms with van der Waals surface area (Å²) in [7, 11) is 0. The first-order valence-corrected chi connectivity index (χ1v) is 8.05. The molecule has 0 spiro atoms. The van der Waals surface area contributed by atoms with Gasteiger partial charge in [0.05, 0.1) is 17.7 Å². The summed E-state index contributed by atoms with van der Waals surface area (Å²) < 4.78 is 0. The summed E-state index contributed by atoms with van der Waals surface area (Å²) in [5.74, 6) is -1.69.